The number of aromatic nitrogens is 4. The van der Waals surface area contributed by atoms with E-state index in [4.69, 9.17) is 25.8 Å². The number of H-pyrrole nitrogens is 1. The van der Waals surface area contributed by atoms with Crippen LogP contribution in [-0.4, -0.2) is 62.7 Å². The second-order valence-corrected chi connectivity index (χ2v) is 8.40. The summed E-state index contributed by atoms with van der Waals surface area (Å²) < 4.78 is 30.3. The fourth-order valence-electron chi connectivity index (χ4n) is 4.17. The van der Waals surface area contributed by atoms with Gasteiger partial charge in [0.1, 0.15) is 24.1 Å². The van der Waals surface area contributed by atoms with E-state index in [9.17, 15) is 9.50 Å². The number of benzene rings is 1. The lowest BCUT2D eigenvalue weighted by Crippen LogP contribution is -2.34. The van der Waals surface area contributed by atoms with Crippen LogP contribution >= 0.6 is 11.6 Å². The van der Waals surface area contributed by atoms with Crippen LogP contribution < -0.4 is 4.74 Å². The zero-order chi connectivity index (χ0) is 22.5. The van der Waals surface area contributed by atoms with E-state index in [1.807, 2.05) is 12.1 Å². The fraction of sp³-hybridized carbons (Fsp3) is 0.261. The van der Waals surface area contributed by atoms with E-state index < -0.39 is 6.10 Å². The first-order valence-electron chi connectivity index (χ1n) is 10.4. The lowest BCUT2D eigenvalue weighted by Gasteiger charge is -2.15. The minimum absolute atomic E-state index is 0.226. The topological polar surface area (TPSA) is 102 Å². The summed E-state index contributed by atoms with van der Waals surface area (Å²) in [7, 11) is 0. The second-order valence-electron chi connectivity index (χ2n) is 7.99. The number of nitrogens with zero attached hydrogens (tertiary/aromatic N) is 3. The van der Waals surface area contributed by atoms with Crippen molar-refractivity contribution in [3.05, 3.63) is 59.5 Å². The van der Waals surface area contributed by atoms with Crippen LogP contribution in [0.3, 0.4) is 0 Å². The molecule has 2 fully saturated rings. The Morgan fingerprint density at radius 2 is 1.82 bits per heavy atom. The van der Waals surface area contributed by atoms with Crippen LogP contribution in [0, 0.1) is 5.82 Å². The van der Waals surface area contributed by atoms with Crippen LogP contribution in [0.15, 0.2) is 48.7 Å². The smallest absolute Gasteiger partial charge is 0.296 e. The number of aliphatic hydroxyl groups excluding tert-OH is 1. The monoisotopic (exact) mass is 468 g/mol. The average Bonchev–Trinajstić information content (AvgIpc) is 3.51. The second kappa shape index (κ2) is 8.03. The molecule has 0 saturated carbocycles. The van der Waals surface area contributed by atoms with Gasteiger partial charge in [-0.25, -0.2) is 9.37 Å². The molecule has 0 amide bonds. The van der Waals surface area contributed by atoms with Crippen LogP contribution in [0.1, 0.15) is 0 Å². The molecule has 1 aromatic carbocycles. The van der Waals surface area contributed by atoms with E-state index in [0.717, 1.165) is 11.1 Å². The van der Waals surface area contributed by atoms with Crippen molar-refractivity contribution in [3.8, 4) is 28.5 Å². The Balaban J connectivity index is 1.25. The van der Waals surface area contributed by atoms with Crippen LogP contribution in [0.5, 0.6) is 6.01 Å². The molecule has 10 heteroatoms. The number of fused-ring (bicyclic) bond motifs is 2. The number of nitrogens with one attached hydrogen (secondary N) is 1. The summed E-state index contributed by atoms with van der Waals surface area (Å²) >= 11 is 6.49. The van der Waals surface area contributed by atoms with Gasteiger partial charge in [0.2, 0.25) is 0 Å². The minimum atomic E-state index is -0.648. The molecule has 5 heterocycles. The fourth-order valence-corrected chi connectivity index (χ4v) is 4.43. The highest BCUT2D eigenvalue weighted by atomic mass is 35.5. The number of rotatable bonds is 4. The number of ether oxygens (including phenoxy) is 3. The van der Waals surface area contributed by atoms with Gasteiger partial charge in [0.05, 0.1) is 35.1 Å². The normalized spacial score (nSPS) is 24.3. The van der Waals surface area contributed by atoms with E-state index in [1.165, 1.54) is 12.1 Å². The highest BCUT2D eigenvalue weighted by Crippen LogP contribution is 2.32. The Kier molecular flexibility index (Phi) is 4.99. The average molecular weight is 469 g/mol. The van der Waals surface area contributed by atoms with E-state index in [1.54, 1.807) is 24.4 Å². The van der Waals surface area contributed by atoms with Gasteiger partial charge in [-0.05, 0) is 42.5 Å². The summed E-state index contributed by atoms with van der Waals surface area (Å²) in [4.78, 5) is 16.6. The Labute approximate surface area is 192 Å². The van der Waals surface area contributed by atoms with Gasteiger partial charge in [-0.2, -0.15) is 4.98 Å². The third-order valence-electron chi connectivity index (χ3n) is 5.83. The largest absolute Gasteiger partial charge is 0.456 e. The quantitative estimate of drug-likeness (QED) is 0.473. The molecular weight excluding hydrogens is 451 g/mol. The lowest BCUT2D eigenvalue weighted by atomic mass is 10.1. The predicted octanol–water partition coefficient (Wildman–Crippen LogP) is 3.39. The van der Waals surface area contributed by atoms with E-state index >= 15 is 0 Å². The Morgan fingerprint density at radius 1 is 1.03 bits per heavy atom. The van der Waals surface area contributed by atoms with Gasteiger partial charge in [0.15, 0.2) is 11.8 Å². The van der Waals surface area contributed by atoms with Crippen molar-refractivity contribution >= 4 is 22.8 Å². The van der Waals surface area contributed by atoms with Gasteiger partial charge in [0, 0.05) is 17.3 Å². The summed E-state index contributed by atoms with van der Waals surface area (Å²) in [5.41, 5.74) is 3.84. The minimum Gasteiger partial charge on any atom is -0.456 e. The molecule has 2 aliphatic rings. The van der Waals surface area contributed by atoms with E-state index in [2.05, 4.69) is 19.9 Å². The summed E-state index contributed by atoms with van der Waals surface area (Å²) in [5.74, 6) is -0.296. The standard InChI is InChI=1S/C23H18ClFN4O4/c24-14-7-16-22(29-23(27-16)33-18-10-32-20-17(30)9-31-21(18)20)28-19(14)12-3-6-15(26-8-12)11-1-4-13(25)5-2-11/h1-8,17-18,20-21,30H,9-10H2,(H,27,28,29)/t17-,18-,20-,21-/m1/s1. The molecule has 4 atom stereocenters. The molecule has 0 bridgehead atoms. The Morgan fingerprint density at radius 3 is 2.61 bits per heavy atom. The Bertz CT molecular complexity index is 1310. The number of pyridine rings is 2. The molecule has 2 saturated heterocycles. The molecule has 4 aromatic rings. The number of halogens is 2. The molecular formula is C23H18ClFN4O4. The van der Waals surface area contributed by atoms with E-state index in [-0.39, 0.29) is 36.7 Å². The SMILES string of the molecule is O[C@@H]1CO[C@H]2[C@@H]1OC[C@H]2Oc1nc2nc(-c3ccc(-c4ccc(F)cc4)nc3)c(Cl)cc2[nH]1. The third kappa shape index (κ3) is 3.72. The van der Waals surface area contributed by atoms with Crippen molar-refractivity contribution in [1.29, 1.82) is 0 Å². The Hall–Kier alpha value is -3.11. The summed E-state index contributed by atoms with van der Waals surface area (Å²) in [6.07, 6.45) is -0.0900. The van der Waals surface area contributed by atoms with Crippen molar-refractivity contribution < 1.29 is 23.7 Å². The number of hydrogen-bond donors (Lipinski definition) is 2. The van der Waals surface area contributed by atoms with Gasteiger partial charge in [-0.15, -0.1) is 0 Å². The van der Waals surface area contributed by atoms with Gasteiger partial charge < -0.3 is 24.3 Å². The molecule has 6 rings (SSSR count). The molecule has 2 aliphatic heterocycles. The maximum atomic E-state index is 13.2. The maximum absolute atomic E-state index is 13.2. The first-order chi connectivity index (χ1) is 16.0. The highest BCUT2D eigenvalue weighted by Gasteiger charge is 2.48. The first-order valence-corrected chi connectivity index (χ1v) is 10.8. The van der Waals surface area contributed by atoms with Crippen molar-refractivity contribution in [2.75, 3.05) is 13.2 Å². The lowest BCUT2D eigenvalue weighted by molar-refractivity contribution is 0.00706. The molecule has 8 nitrogen and oxygen atoms in total. The van der Waals surface area contributed by atoms with Gasteiger partial charge in [-0.1, -0.05) is 11.6 Å². The number of aromatic amines is 1. The summed E-state index contributed by atoms with van der Waals surface area (Å²) in [6.45, 7) is 0.527. The number of imidazole rings is 1. The molecule has 168 valence electrons. The maximum Gasteiger partial charge on any atom is 0.296 e. The van der Waals surface area contributed by atoms with E-state index in [0.29, 0.717) is 34.2 Å². The van der Waals surface area contributed by atoms with Crippen LogP contribution in [0.2, 0.25) is 5.02 Å². The molecule has 0 radical (unpaired) electrons. The molecule has 2 N–H and O–H groups in total. The van der Waals surface area contributed by atoms with Crippen LogP contribution in [0.4, 0.5) is 4.39 Å². The molecule has 0 aliphatic carbocycles. The molecule has 3 aromatic heterocycles. The highest BCUT2D eigenvalue weighted by molar-refractivity contribution is 6.33. The number of aliphatic hydroxyl groups is 1. The van der Waals surface area contributed by atoms with Crippen molar-refractivity contribution in [2.24, 2.45) is 0 Å². The zero-order valence-corrected chi connectivity index (χ0v) is 17.9. The van der Waals surface area contributed by atoms with Gasteiger partial charge >= 0.3 is 0 Å². The zero-order valence-electron chi connectivity index (χ0n) is 17.1. The van der Waals surface area contributed by atoms with Crippen molar-refractivity contribution in [1.82, 2.24) is 19.9 Å². The third-order valence-corrected chi connectivity index (χ3v) is 6.11. The molecule has 33 heavy (non-hydrogen) atoms. The van der Waals surface area contributed by atoms with Crippen molar-refractivity contribution in [3.63, 3.8) is 0 Å². The molecule has 0 unspecified atom stereocenters. The van der Waals surface area contributed by atoms with Crippen LogP contribution in [-0.2, 0) is 9.47 Å². The van der Waals surface area contributed by atoms with Gasteiger partial charge in [-0.3, -0.25) is 4.98 Å². The van der Waals surface area contributed by atoms with Crippen LogP contribution in [0.25, 0.3) is 33.7 Å². The summed E-state index contributed by atoms with van der Waals surface area (Å²) in [5, 5.41) is 10.3. The molecule has 0 spiro atoms. The summed E-state index contributed by atoms with van der Waals surface area (Å²) in [6, 6.07) is 11.8. The van der Waals surface area contributed by atoms with Gasteiger partial charge in [0.25, 0.3) is 6.01 Å². The van der Waals surface area contributed by atoms with Crippen molar-refractivity contribution in [2.45, 2.75) is 24.4 Å². The predicted molar refractivity (Wildman–Crippen MR) is 117 cm³/mol. The number of hydrogen-bond acceptors (Lipinski definition) is 7. The first kappa shape index (κ1) is 20.5.